The minimum atomic E-state index is -0.319. The fourth-order valence-electron chi connectivity index (χ4n) is 2.62. The van der Waals surface area contributed by atoms with E-state index < -0.39 is 0 Å². The fourth-order valence-corrected chi connectivity index (χ4v) is 2.62. The van der Waals surface area contributed by atoms with Gasteiger partial charge in [0.05, 0.1) is 4.92 Å². The lowest BCUT2D eigenvalue weighted by Gasteiger charge is -2.31. The van der Waals surface area contributed by atoms with Crippen LogP contribution in [-0.4, -0.2) is 28.8 Å². The number of para-hydroxylation sites is 1. The van der Waals surface area contributed by atoms with Crippen molar-refractivity contribution in [3.63, 3.8) is 0 Å². The molecule has 0 spiro atoms. The van der Waals surface area contributed by atoms with Gasteiger partial charge in [-0.25, -0.2) is 0 Å². The van der Waals surface area contributed by atoms with Gasteiger partial charge in [0, 0.05) is 31.6 Å². The molecule has 1 aliphatic rings. The van der Waals surface area contributed by atoms with Crippen LogP contribution < -0.4 is 0 Å². The zero-order valence-corrected chi connectivity index (χ0v) is 11.0. The van der Waals surface area contributed by atoms with Crippen molar-refractivity contribution in [1.82, 2.24) is 4.90 Å². The molecule has 0 aromatic heterocycles. The molecule has 19 heavy (non-hydrogen) atoms. The largest absolute Gasteiger partial charge is 0.343 e. The van der Waals surface area contributed by atoms with E-state index in [0.29, 0.717) is 5.92 Å². The van der Waals surface area contributed by atoms with Crippen molar-refractivity contribution in [3.05, 3.63) is 39.9 Å². The molecule has 0 N–H and O–H groups in total. The van der Waals surface area contributed by atoms with E-state index in [4.69, 9.17) is 0 Å². The number of nitro benzene ring substituents is 1. The average Bonchev–Trinajstić information content (AvgIpc) is 2.39. The molecule has 1 heterocycles. The summed E-state index contributed by atoms with van der Waals surface area (Å²) < 4.78 is 0. The van der Waals surface area contributed by atoms with Gasteiger partial charge in [0.25, 0.3) is 5.69 Å². The third-order valence-corrected chi connectivity index (χ3v) is 3.76. The second kappa shape index (κ2) is 5.82. The molecule has 1 aliphatic heterocycles. The van der Waals surface area contributed by atoms with Gasteiger partial charge in [-0.15, -0.1) is 0 Å². The van der Waals surface area contributed by atoms with Crippen LogP contribution in [0, 0.1) is 16.0 Å². The first kappa shape index (κ1) is 13.5. The molecule has 102 valence electrons. The highest BCUT2D eigenvalue weighted by Gasteiger charge is 2.23. The van der Waals surface area contributed by atoms with E-state index in [0.717, 1.165) is 37.9 Å². The average molecular weight is 262 g/mol. The molecule has 2 rings (SSSR count). The molecule has 0 radical (unpaired) electrons. The summed E-state index contributed by atoms with van der Waals surface area (Å²) in [5, 5.41) is 11.0. The highest BCUT2D eigenvalue weighted by atomic mass is 16.6. The molecule has 0 saturated carbocycles. The summed E-state index contributed by atoms with van der Waals surface area (Å²) in [5.74, 6) is 0.542. The monoisotopic (exact) mass is 262 g/mol. The quantitative estimate of drug-likeness (QED) is 0.620. The minimum absolute atomic E-state index is 0.115. The van der Waals surface area contributed by atoms with Crippen LogP contribution in [-0.2, 0) is 11.2 Å². The number of piperidine rings is 1. The topological polar surface area (TPSA) is 63.5 Å². The highest BCUT2D eigenvalue weighted by molar-refractivity contribution is 5.73. The van der Waals surface area contributed by atoms with Crippen LogP contribution in [0.15, 0.2) is 24.3 Å². The Morgan fingerprint density at radius 2 is 2.00 bits per heavy atom. The predicted molar refractivity (Wildman–Crippen MR) is 71.8 cm³/mol. The number of nitro groups is 1. The van der Waals surface area contributed by atoms with Gasteiger partial charge in [-0.1, -0.05) is 18.2 Å². The maximum atomic E-state index is 11.2. The van der Waals surface area contributed by atoms with Gasteiger partial charge in [-0.05, 0) is 25.2 Å². The second-order valence-electron chi connectivity index (χ2n) is 5.04. The summed E-state index contributed by atoms with van der Waals surface area (Å²) in [5.41, 5.74) is 1.00. The first-order valence-corrected chi connectivity index (χ1v) is 6.55. The molecule has 0 unspecified atom stereocenters. The molecule has 0 aliphatic carbocycles. The summed E-state index contributed by atoms with van der Waals surface area (Å²) in [6.07, 6.45) is 2.57. The number of nitrogens with zero attached hydrogens (tertiary/aromatic N) is 2. The van der Waals surface area contributed by atoms with E-state index in [9.17, 15) is 14.9 Å². The number of hydrogen-bond donors (Lipinski definition) is 0. The Kier molecular flexibility index (Phi) is 4.14. The summed E-state index contributed by atoms with van der Waals surface area (Å²) in [7, 11) is 0. The standard InChI is InChI=1S/C14H18N2O3/c1-11(17)15-8-6-12(7-9-15)10-13-4-2-3-5-14(13)16(18)19/h2-5,12H,6-10H2,1H3. The van der Waals surface area contributed by atoms with Crippen molar-refractivity contribution in [2.75, 3.05) is 13.1 Å². The molecule has 1 fully saturated rings. The summed E-state index contributed by atoms with van der Waals surface area (Å²) in [6.45, 7) is 3.11. The summed E-state index contributed by atoms with van der Waals surface area (Å²) >= 11 is 0. The predicted octanol–water partition coefficient (Wildman–Crippen LogP) is 2.40. The summed E-state index contributed by atoms with van der Waals surface area (Å²) in [4.78, 5) is 23.7. The number of carbonyl (C=O) groups excluding carboxylic acids is 1. The van der Waals surface area contributed by atoms with Crippen molar-refractivity contribution in [2.45, 2.75) is 26.2 Å². The number of rotatable bonds is 3. The molecule has 0 atom stereocenters. The third-order valence-electron chi connectivity index (χ3n) is 3.76. The third kappa shape index (κ3) is 3.30. The van der Waals surface area contributed by atoms with Crippen molar-refractivity contribution in [2.24, 2.45) is 5.92 Å². The van der Waals surface area contributed by atoms with E-state index in [1.54, 1.807) is 19.1 Å². The Labute approximate surface area is 112 Å². The minimum Gasteiger partial charge on any atom is -0.343 e. The van der Waals surface area contributed by atoms with Crippen molar-refractivity contribution in [3.8, 4) is 0 Å². The lowest BCUT2D eigenvalue weighted by atomic mass is 9.89. The van der Waals surface area contributed by atoms with Crippen LogP contribution in [0.25, 0.3) is 0 Å². The molecular weight excluding hydrogens is 244 g/mol. The molecule has 1 aromatic rings. The van der Waals surface area contributed by atoms with Crippen LogP contribution in [0.2, 0.25) is 0 Å². The van der Waals surface area contributed by atoms with Crippen molar-refractivity contribution >= 4 is 11.6 Å². The van der Waals surface area contributed by atoms with Crippen molar-refractivity contribution < 1.29 is 9.72 Å². The lowest BCUT2D eigenvalue weighted by molar-refractivity contribution is -0.385. The maximum Gasteiger partial charge on any atom is 0.272 e. The van der Waals surface area contributed by atoms with Gasteiger partial charge in [0.15, 0.2) is 0 Å². The van der Waals surface area contributed by atoms with Crippen LogP contribution in [0.4, 0.5) is 5.69 Å². The lowest BCUT2D eigenvalue weighted by Crippen LogP contribution is -2.37. The van der Waals surface area contributed by atoms with E-state index in [1.165, 1.54) is 0 Å². The SMILES string of the molecule is CC(=O)N1CCC(Cc2ccccc2[N+](=O)[O-])CC1. The normalized spacial score (nSPS) is 16.4. The molecular formula is C14H18N2O3. The van der Waals surface area contributed by atoms with Crippen molar-refractivity contribution in [1.29, 1.82) is 0 Å². The van der Waals surface area contributed by atoms with Gasteiger partial charge < -0.3 is 4.90 Å². The first-order valence-electron chi connectivity index (χ1n) is 6.55. The first-order chi connectivity index (χ1) is 9.08. The number of hydrogen-bond acceptors (Lipinski definition) is 3. The number of benzene rings is 1. The zero-order valence-electron chi connectivity index (χ0n) is 11.0. The van der Waals surface area contributed by atoms with Gasteiger partial charge >= 0.3 is 0 Å². The van der Waals surface area contributed by atoms with E-state index in [2.05, 4.69) is 0 Å². The van der Waals surface area contributed by atoms with Gasteiger partial charge in [-0.2, -0.15) is 0 Å². The summed E-state index contributed by atoms with van der Waals surface area (Å²) in [6, 6.07) is 6.92. The van der Waals surface area contributed by atoms with Gasteiger partial charge in [0.1, 0.15) is 0 Å². The molecule has 5 nitrogen and oxygen atoms in total. The van der Waals surface area contributed by atoms with E-state index in [1.807, 2.05) is 17.0 Å². The smallest absolute Gasteiger partial charge is 0.272 e. The number of likely N-dealkylation sites (tertiary alicyclic amines) is 1. The Balaban J connectivity index is 2.00. The fraction of sp³-hybridized carbons (Fsp3) is 0.500. The Morgan fingerprint density at radius 3 is 2.58 bits per heavy atom. The van der Waals surface area contributed by atoms with Crippen LogP contribution in [0.5, 0.6) is 0 Å². The molecule has 0 bridgehead atoms. The molecule has 1 amide bonds. The molecule has 1 aromatic carbocycles. The number of carbonyl (C=O) groups is 1. The Morgan fingerprint density at radius 1 is 1.37 bits per heavy atom. The van der Waals surface area contributed by atoms with Crippen LogP contribution in [0.1, 0.15) is 25.3 Å². The van der Waals surface area contributed by atoms with E-state index >= 15 is 0 Å². The zero-order chi connectivity index (χ0) is 13.8. The highest BCUT2D eigenvalue weighted by Crippen LogP contribution is 2.26. The van der Waals surface area contributed by atoms with Gasteiger partial charge in [0.2, 0.25) is 5.91 Å². The Bertz CT molecular complexity index is 479. The maximum absolute atomic E-state index is 11.2. The van der Waals surface area contributed by atoms with Crippen LogP contribution >= 0.6 is 0 Å². The number of amides is 1. The van der Waals surface area contributed by atoms with E-state index in [-0.39, 0.29) is 16.5 Å². The molecule has 5 heteroatoms. The Hall–Kier alpha value is -1.91. The molecule has 1 saturated heterocycles. The second-order valence-corrected chi connectivity index (χ2v) is 5.04. The van der Waals surface area contributed by atoms with Crippen LogP contribution in [0.3, 0.4) is 0 Å². The van der Waals surface area contributed by atoms with Gasteiger partial charge in [-0.3, -0.25) is 14.9 Å².